The van der Waals surface area contributed by atoms with Crippen LogP contribution in [0.1, 0.15) is 114 Å². The predicted octanol–water partition coefficient (Wildman–Crippen LogP) is 14.1. The second kappa shape index (κ2) is 31.2. The van der Waals surface area contributed by atoms with Crippen molar-refractivity contribution in [2.75, 3.05) is 39.6 Å². The number of rotatable bonds is 32. The summed E-state index contributed by atoms with van der Waals surface area (Å²) in [5, 5.41) is 12.4. The molecule has 0 radical (unpaired) electrons. The first-order valence-electron chi connectivity index (χ1n) is 27.0. The number of ether oxygens (including phenoxy) is 8. The molecule has 7 aromatic carbocycles. The van der Waals surface area contributed by atoms with Gasteiger partial charge >= 0.3 is 29.8 Å². The molecule has 0 spiro atoms. The summed E-state index contributed by atoms with van der Waals surface area (Å²) in [6.45, 7) is 9.18. The minimum absolute atomic E-state index is 0.0440. The monoisotopic (exact) mass is 1080 g/mol. The summed E-state index contributed by atoms with van der Waals surface area (Å²) >= 11 is 0. The van der Waals surface area contributed by atoms with Crippen LogP contribution in [0.25, 0.3) is 32.7 Å². The SMILES string of the molecule is C=CC(=O)OCCCCCCOc1ccc2cc(C(=O)Oc3ccc(OC(=O)c4ccc5cc(OCCCCCCOC(=O)C=C)ccc5c4)c(C(=O)OCCCCCCOc4ccc(-c5ccc(C#N)cc5)cc4)c3)ccc2c1. The second-order valence-electron chi connectivity index (χ2n) is 18.8. The molecule has 0 aliphatic rings. The van der Waals surface area contributed by atoms with Gasteiger partial charge in [0, 0.05) is 12.2 Å². The van der Waals surface area contributed by atoms with Crippen LogP contribution in [0.2, 0.25) is 0 Å². The number of unbranched alkanes of at least 4 members (excludes halogenated alkanes) is 9. The summed E-state index contributed by atoms with van der Waals surface area (Å²) in [4.78, 5) is 63.6. The molecule has 7 aromatic rings. The van der Waals surface area contributed by atoms with E-state index >= 15 is 0 Å². The summed E-state index contributed by atoms with van der Waals surface area (Å²) in [6.07, 6.45) is 12.1. The Labute approximate surface area is 466 Å². The smallest absolute Gasteiger partial charge is 0.343 e. The van der Waals surface area contributed by atoms with E-state index in [0.717, 1.165) is 121 Å². The van der Waals surface area contributed by atoms with Crippen LogP contribution >= 0.6 is 0 Å². The number of carbonyl (C=O) groups is 5. The van der Waals surface area contributed by atoms with Gasteiger partial charge < -0.3 is 37.9 Å². The van der Waals surface area contributed by atoms with E-state index in [0.29, 0.717) is 56.5 Å². The Balaban J connectivity index is 0.931. The summed E-state index contributed by atoms with van der Waals surface area (Å²) in [5.74, 6) is -0.851. The van der Waals surface area contributed by atoms with Crippen LogP contribution in [0, 0.1) is 11.3 Å². The number of hydrogen-bond acceptors (Lipinski definition) is 14. The zero-order valence-corrected chi connectivity index (χ0v) is 44.8. The number of nitrogens with zero attached hydrogens (tertiary/aromatic N) is 1. The molecular formula is C66H65NO13. The van der Waals surface area contributed by atoms with Crippen molar-refractivity contribution in [3.8, 4) is 45.9 Å². The van der Waals surface area contributed by atoms with Crippen LogP contribution in [-0.2, 0) is 23.8 Å². The molecule has 0 heterocycles. The highest BCUT2D eigenvalue weighted by Gasteiger charge is 2.21. The fourth-order valence-corrected chi connectivity index (χ4v) is 8.46. The van der Waals surface area contributed by atoms with Gasteiger partial charge in [0.1, 0.15) is 34.3 Å². The number of benzene rings is 7. The Hall–Kier alpha value is -9.22. The standard InChI is InChI=1S/C66H65NO13/c1-3-62(68)76-38-14-8-5-12-36-74-57-31-27-50-41-54(23-21-52(50)43-57)64(70)79-59-33-34-61(80-65(71)55-24-22-53-44-58(32-28-51(53)42-55)75-37-13-6-9-15-39-77-63(69)4-2)60(45-59)66(72)78-40-16-10-7-11-35-73-56-29-25-49(26-30-56)48-19-17-47(46-67)18-20-48/h3-4,17-34,41-45H,1-2,5-16,35-40H2. The molecule has 0 amide bonds. The molecule has 0 aromatic heterocycles. The average Bonchev–Trinajstić information content (AvgIpc) is 3.49. The number of esters is 5. The van der Waals surface area contributed by atoms with Gasteiger partial charge in [-0.1, -0.05) is 61.7 Å². The lowest BCUT2D eigenvalue weighted by molar-refractivity contribution is -0.138. The number of fused-ring (bicyclic) bond motifs is 2. The van der Waals surface area contributed by atoms with Gasteiger partial charge in [0.25, 0.3) is 0 Å². The molecule has 0 N–H and O–H groups in total. The van der Waals surface area contributed by atoms with Crippen LogP contribution in [0.4, 0.5) is 0 Å². The summed E-state index contributed by atoms with van der Waals surface area (Å²) < 4.78 is 45.3. The zero-order valence-electron chi connectivity index (χ0n) is 44.8. The van der Waals surface area contributed by atoms with Gasteiger partial charge in [0.05, 0.1) is 62.4 Å². The number of hydrogen-bond donors (Lipinski definition) is 0. The van der Waals surface area contributed by atoms with Gasteiger partial charge in [-0.2, -0.15) is 5.26 Å². The van der Waals surface area contributed by atoms with Crippen LogP contribution in [0.3, 0.4) is 0 Å². The quantitative estimate of drug-likeness (QED) is 0.0128. The van der Waals surface area contributed by atoms with Crippen molar-refractivity contribution in [2.24, 2.45) is 0 Å². The topological polar surface area (TPSA) is 183 Å². The van der Waals surface area contributed by atoms with Crippen molar-refractivity contribution in [1.82, 2.24) is 0 Å². The highest BCUT2D eigenvalue weighted by Crippen LogP contribution is 2.30. The van der Waals surface area contributed by atoms with E-state index in [1.54, 1.807) is 48.5 Å². The molecule has 0 atom stereocenters. The third-order valence-corrected chi connectivity index (χ3v) is 12.9. The zero-order chi connectivity index (χ0) is 56.3. The largest absolute Gasteiger partial charge is 0.494 e. The summed E-state index contributed by atoms with van der Waals surface area (Å²) in [6, 6.07) is 43.0. The summed E-state index contributed by atoms with van der Waals surface area (Å²) in [5.41, 5.74) is 3.07. The molecule has 14 heteroatoms. The second-order valence-corrected chi connectivity index (χ2v) is 18.8. The van der Waals surface area contributed by atoms with E-state index in [1.807, 2.05) is 72.8 Å². The minimum Gasteiger partial charge on any atom is -0.494 e. The fourth-order valence-electron chi connectivity index (χ4n) is 8.46. The van der Waals surface area contributed by atoms with E-state index in [9.17, 15) is 24.0 Å². The Kier molecular flexibility index (Phi) is 22.8. The molecule has 7 rings (SSSR count). The van der Waals surface area contributed by atoms with Gasteiger partial charge in [-0.15, -0.1) is 0 Å². The maximum absolute atomic E-state index is 13.8. The molecule has 0 aliphatic carbocycles. The van der Waals surface area contributed by atoms with Crippen molar-refractivity contribution in [3.63, 3.8) is 0 Å². The average molecular weight is 1080 g/mol. The first kappa shape index (κ1) is 58.5. The van der Waals surface area contributed by atoms with Crippen LogP contribution < -0.4 is 23.7 Å². The Morgan fingerprint density at radius 2 is 0.787 bits per heavy atom. The lowest BCUT2D eigenvalue weighted by Gasteiger charge is -2.13. The molecule has 0 unspecified atom stereocenters. The van der Waals surface area contributed by atoms with Gasteiger partial charge in [-0.25, -0.2) is 24.0 Å². The molecule has 0 fully saturated rings. The van der Waals surface area contributed by atoms with Crippen molar-refractivity contribution in [1.29, 1.82) is 5.26 Å². The van der Waals surface area contributed by atoms with Crippen molar-refractivity contribution in [2.45, 2.75) is 77.0 Å². The first-order valence-corrected chi connectivity index (χ1v) is 27.0. The third-order valence-electron chi connectivity index (χ3n) is 12.9. The van der Waals surface area contributed by atoms with Gasteiger partial charge in [-0.3, -0.25) is 0 Å². The number of nitriles is 1. The van der Waals surface area contributed by atoms with Crippen molar-refractivity contribution >= 4 is 51.4 Å². The molecule has 0 bridgehead atoms. The van der Waals surface area contributed by atoms with E-state index in [1.165, 1.54) is 18.2 Å². The molecular weight excluding hydrogens is 1010 g/mol. The van der Waals surface area contributed by atoms with Crippen molar-refractivity contribution in [3.05, 3.63) is 187 Å². The lowest BCUT2D eigenvalue weighted by Crippen LogP contribution is -2.14. The number of carbonyl (C=O) groups excluding carboxylic acids is 5. The van der Waals surface area contributed by atoms with Gasteiger partial charge in [0.15, 0.2) is 0 Å². The molecule has 0 saturated heterocycles. The Morgan fingerprint density at radius 3 is 1.27 bits per heavy atom. The van der Waals surface area contributed by atoms with Gasteiger partial charge in [0.2, 0.25) is 0 Å². The molecule has 14 nitrogen and oxygen atoms in total. The highest BCUT2D eigenvalue weighted by atomic mass is 16.6. The molecule has 412 valence electrons. The third kappa shape index (κ3) is 18.5. The maximum Gasteiger partial charge on any atom is 0.343 e. The Morgan fingerprint density at radius 1 is 0.388 bits per heavy atom. The van der Waals surface area contributed by atoms with E-state index in [2.05, 4.69) is 19.2 Å². The van der Waals surface area contributed by atoms with Crippen molar-refractivity contribution < 1.29 is 61.9 Å². The van der Waals surface area contributed by atoms with Gasteiger partial charge in [-0.05, 0) is 201 Å². The molecule has 0 aliphatic heterocycles. The highest BCUT2D eigenvalue weighted by molar-refractivity contribution is 6.00. The van der Waals surface area contributed by atoms with Crippen LogP contribution in [0.15, 0.2) is 165 Å². The van der Waals surface area contributed by atoms with E-state index < -0.39 is 29.8 Å². The predicted molar refractivity (Wildman–Crippen MR) is 305 cm³/mol. The van der Waals surface area contributed by atoms with Crippen LogP contribution in [-0.4, -0.2) is 69.5 Å². The first-order chi connectivity index (χ1) is 39.1. The molecule has 80 heavy (non-hydrogen) atoms. The normalized spacial score (nSPS) is 10.7. The maximum atomic E-state index is 13.8. The van der Waals surface area contributed by atoms with Crippen LogP contribution in [0.5, 0.6) is 28.7 Å². The minimum atomic E-state index is -0.756. The fraction of sp³-hybridized carbons (Fsp3) is 0.273. The molecule has 0 saturated carbocycles. The van der Waals surface area contributed by atoms with E-state index in [-0.39, 0.29) is 34.8 Å². The summed E-state index contributed by atoms with van der Waals surface area (Å²) in [7, 11) is 0. The van der Waals surface area contributed by atoms with E-state index in [4.69, 9.17) is 43.2 Å². The lowest BCUT2D eigenvalue weighted by atomic mass is 10.0. The Bertz CT molecular complexity index is 3290.